The van der Waals surface area contributed by atoms with E-state index in [2.05, 4.69) is 25.9 Å². The zero-order chi connectivity index (χ0) is 11.7. The van der Waals surface area contributed by atoms with Crippen molar-refractivity contribution in [3.8, 4) is 0 Å². The third kappa shape index (κ3) is 3.64. The molecule has 0 unspecified atom stereocenters. The van der Waals surface area contributed by atoms with Crippen LogP contribution in [0.4, 0.5) is 0 Å². The molecule has 0 aliphatic carbocycles. The van der Waals surface area contributed by atoms with Crippen LogP contribution in [0.15, 0.2) is 24.3 Å². The molecule has 1 aromatic rings. The molecule has 1 aromatic carbocycles. The summed E-state index contributed by atoms with van der Waals surface area (Å²) in [5.74, 6) is 0.0143. The van der Waals surface area contributed by atoms with Gasteiger partial charge in [-0.15, -0.1) is 0 Å². The van der Waals surface area contributed by atoms with E-state index in [1.807, 2.05) is 24.3 Å². The summed E-state index contributed by atoms with van der Waals surface area (Å²) in [7, 11) is -3.21. The molecule has 0 saturated carbocycles. The maximum atomic E-state index is 11.2. The molecule has 0 bridgehead atoms. The highest BCUT2D eigenvalue weighted by Gasteiger charge is 2.20. The van der Waals surface area contributed by atoms with Crippen molar-refractivity contribution < 1.29 is 13.6 Å². The Bertz CT molecular complexity index is 444. The molecule has 0 fully saturated rings. The Morgan fingerprint density at radius 3 is 2.20 bits per heavy atom. The molecule has 0 spiro atoms. The molecule has 0 atom stereocenters. The van der Waals surface area contributed by atoms with E-state index in [0.717, 1.165) is 11.1 Å². The van der Waals surface area contributed by atoms with Gasteiger partial charge in [-0.25, -0.2) is 0 Å². The molecule has 0 aliphatic heterocycles. The van der Waals surface area contributed by atoms with Crippen molar-refractivity contribution in [2.24, 2.45) is 0 Å². The number of hydrogen-bond donors (Lipinski definition) is 1. The highest BCUT2D eigenvalue weighted by Crippen LogP contribution is 2.26. The number of sulfonamides is 1. The lowest BCUT2D eigenvalue weighted by molar-refractivity contribution is -0.165. The second-order valence-corrected chi connectivity index (χ2v) is 6.57. The van der Waals surface area contributed by atoms with Crippen LogP contribution in [0, 0.1) is 0 Å². The molecule has 4 heteroatoms. The minimum absolute atomic E-state index is 0.0143. The van der Waals surface area contributed by atoms with Crippen molar-refractivity contribution in [1.29, 1.82) is 0 Å². The van der Waals surface area contributed by atoms with Crippen LogP contribution in [-0.4, -0.2) is 8.42 Å². The molecule has 15 heavy (non-hydrogen) atoms. The third-order valence-corrected chi connectivity index (χ3v) is 2.95. The molecular formula is C11H18NO2S+. The summed E-state index contributed by atoms with van der Waals surface area (Å²) < 4.78 is 22.3. The Balaban J connectivity index is 3.19. The molecule has 0 radical (unpaired) electrons. The predicted molar refractivity (Wildman–Crippen MR) is 60.7 cm³/mol. The van der Waals surface area contributed by atoms with E-state index >= 15 is 0 Å². The summed E-state index contributed by atoms with van der Waals surface area (Å²) >= 11 is 0. The molecule has 0 saturated heterocycles. The molecule has 0 heterocycles. The highest BCUT2D eigenvalue weighted by atomic mass is 32.2. The van der Waals surface area contributed by atoms with Gasteiger partial charge in [0, 0.05) is 0 Å². The Kier molecular flexibility index (Phi) is 3.21. The van der Waals surface area contributed by atoms with Crippen molar-refractivity contribution in [1.82, 2.24) is 0 Å². The fraction of sp³-hybridized carbons (Fsp3) is 0.455. The molecule has 0 aromatic heterocycles. The van der Waals surface area contributed by atoms with Gasteiger partial charge in [0.15, 0.2) is 0 Å². The van der Waals surface area contributed by atoms with Crippen LogP contribution in [0.1, 0.15) is 31.9 Å². The van der Waals surface area contributed by atoms with Crippen LogP contribution in [0.3, 0.4) is 0 Å². The van der Waals surface area contributed by atoms with Gasteiger partial charge in [0.25, 0.3) is 10.0 Å². The highest BCUT2D eigenvalue weighted by molar-refractivity contribution is 7.83. The first-order valence-electron chi connectivity index (χ1n) is 4.84. The topological polar surface area (TPSA) is 61.8 Å². The first kappa shape index (κ1) is 12.2. The Morgan fingerprint density at radius 1 is 1.20 bits per heavy atom. The van der Waals surface area contributed by atoms with E-state index in [0.29, 0.717) is 0 Å². The first-order valence-corrected chi connectivity index (χ1v) is 6.66. The molecule has 3 nitrogen and oxygen atoms in total. The zero-order valence-corrected chi connectivity index (χ0v) is 10.3. The summed E-state index contributed by atoms with van der Waals surface area (Å²) in [6, 6.07) is 7.61. The monoisotopic (exact) mass is 228 g/mol. The van der Waals surface area contributed by atoms with Crippen LogP contribution < -0.4 is 5.14 Å². The lowest BCUT2D eigenvalue weighted by Crippen LogP contribution is -2.57. The fourth-order valence-electron chi connectivity index (χ4n) is 1.61. The minimum Gasteiger partial charge on any atom is -0.252 e. The SMILES string of the molecule is CC(C)(C)c1ccccc1CS([NH3+])(=O)=O. The number of quaternary nitrogens is 1. The van der Waals surface area contributed by atoms with Gasteiger partial charge in [-0.1, -0.05) is 45.0 Å². The van der Waals surface area contributed by atoms with E-state index in [1.54, 1.807) is 0 Å². The van der Waals surface area contributed by atoms with Crippen LogP contribution in [0.5, 0.6) is 0 Å². The van der Waals surface area contributed by atoms with E-state index in [4.69, 9.17) is 0 Å². The Morgan fingerprint density at radius 2 is 1.73 bits per heavy atom. The zero-order valence-electron chi connectivity index (χ0n) is 9.45. The Labute approximate surface area is 91.4 Å². The quantitative estimate of drug-likeness (QED) is 0.822. The lowest BCUT2D eigenvalue weighted by Gasteiger charge is -2.22. The van der Waals surface area contributed by atoms with E-state index < -0.39 is 10.0 Å². The molecule has 0 aliphatic rings. The summed E-state index contributed by atoms with van der Waals surface area (Å²) in [6.07, 6.45) is 0. The van der Waals surface area contributed by atoms with Gasteiger partial charge in [0.2, 0.25) is 0 Å². The maximum absolute atomic E-state index is 11.2. The van der Waals surface area contributed by atoms with Gasteiger partial charge in [-0.05, 0) is 16.5 Å². The second kappa shape index (κ2) is 3.94. The largest absolute Gasteiger partial charge is 0.296 e. The van der Waals surface area contributed by atoms with Crippen molar-refractivity contribution >= 4 is 10.0 Å². The van der Waals surface area contributed by atoms with E-state index in [1.165, 1.54) is 0 Å². The van der Waals surface area contributed by atoms with Crippen LogP contribution >= 0.6 is 0 Å². The summed E-state index contributed by atoms with van der Waals surface area (Å²) in [5.41, 5.74) is 1.87. The summed E-state index contributed by atoms with van der Waals surface area (Å²) in [5, 5.41) is 3.16. The lowest BCUT2D eigenvalue weighted by atomic mass is 9.84. The average molecular weight is 228 g/mol. The number of hydrogen-bond acceptors (Lipinski definition) is 2. The fourth-order valence-corrected chi connectivity index (χ4v) is 2.34. The molecule has 84 valence electrons. The van der Waals surface area contributed by atoms with E-state index in [9.17, 15) is 8.42 Å². The average Bonchev–Trinajstić information content (AvgIpc) is 1.99. The first-order chi connectivity index (χ1) is 6.70. The normalized spacial score (nSPS) is 12.8. The van der Waals surface area contributed by atoms with Gasteiger partial charge >= 0.3 is 0 Å². The standard InChI is InChI=1S/C11H17NO2S/c1-11(2,3)10-7-5-4-6-9(10)8-15(12,13)14/h4-7H,8H2,1-3H3,(H2,12,13,14)/p+1. The van der Waals surface area contributed by atoms with Crippen LogP contribution in [-0.2, 0) is 21.2 Å². The van der Waals surface area contributed by atoms with Crippen molar-refractivity contribution in [3.05, 3.63) is 35.4 Å². The van der Waals surface area contributed by atoms with Gasteiger partial charge in [-0.3, -0.25) is 5.14 Å². The van der Waals surface area contributed by atoms with Crippen molar-refractivity contribution in [2.45, 2.75) is 31.9 Å². The third-order valence-electron chi connectivity index (χ3n) is 2.20. The van der Waals surface area contributed by atoms with Gasteiger partial charge in [0.05, 0.1) is 0 Å². The molecule has 0 amide bonds. The Hall–Kier alpha value is -0.870. The molecule has 3 N–H and O–H groups in total. The number of benzene rings is 1. The van der Waals surface area contributed by atoms with Crippen molar-refractivity contribution in [3.63, 3.8) is 0 Å². The minimum atomic E-state index is -3.21. The smallest absolute Gasteiger partial charge is 0.252 e. The van der Waals surface area contributed by atoms with Crippen molar-refractivity contribution in [2.75, 3.05) is 0 Å². The summed E-state index contributed by atoms with van der Waals surface area (Å²) in [6.45, 7) is 6.21. The van der Waals surface area contributed by atoms with Crippen LogP contribution in [0.2, 0.25) is 0 Å². The molecular weight excluding hydrogens is 210 g/mol. The van der Waals surface area contributed by atoms with Gasteiger partial charge < -0.3 is 0 Å². The molecule has 1 rings (SSSR count). The van der Waals surface area contributed by atoms with Gasteiger partial charge in [0.1, 0.15) is 5.75 Å². The summed E-state index contributed by atoms with van der Waals surface area (Å²) in [4.78, 5) is 0. The van der Waals surface area contributed by atoms with Crippen LogP contribution in [0.25, 0.3) is 0 Å². The van der Waals surface area contributed by atoms with E-state index in [-0.39, 0.29) is 11.2 Å². The number of rotatable bonds is 2. The second-order valence-electron chi connectivity index (χ2n) is 4.80. The van der Waals surface area contributed by atoms with Gasteiger partial charge in [-0.2, -0.15) is 8.42 Å². The predicted octanol–water partition coefficient (Wildman–Crippen LogP) is 1.06. The maximum Gasteiger partial charge on any atom is 0.296 e.